The largest absolute Gasteiger partial charge is 0.341 e. The van der Waals surface area contributed by atoms with Crippen LogP contribution < -0.4 is 10.0 Å². The standard InChI is InChI=1S/C23H27N5O4S/c1-16-7-11-27(12-8-16)23(30)20(9-13-26-10-3-4-17(26)15-24)28-19-5-2-6-21(33(25,31)32)18(19)14-22(28)29/h2-6,10,16,20H,7-9,11-14H2,1H3,(H2,25,31,32). The fraction of sp³-hybridized carbons (Fsp3) is 0.435. The number of primary sulfonamides is 1. The van der Waals surface area contributed by atoms with E-state index < -0.39 is 16.1 Å². The molecule has 10 heteroatoms. The molecule has 1 fully saturated rings. The van der Waals surface area contributed by atoms with E-state index in [9.17, 15) is 23.3 Å². The second-order valence-electron chi connectivity index (χ2n) is 8.75. The normalized spacial score (nSPS) is 17.7. The van der Waals surface area contributed by atoms with Crippen LogP contribution in [0.5, 0.6) is 0 Å². The van der Waals surface area contributed by atoms with Crippen LogP contribution in [0.3, 0.4) is 0 Å². The summed E-state index contributed by atoms with van der Waals surface area (Å²) in [5.74, 6) is 0.0460. The van der Waals surface area contributed by atoms with Crippen LogP contribution in [0, 0.1) is 17.2 Å². The highest BCUT2D eigenvalue weighted by Crippen LogP contribution is 2.36. The van der Waals surface area contributed by atoms with Crippen molar-refractivity contribution in [1.29, 1.82) is 5.26 Å². The zero-order chi connectivity index (χ0) is 23.8. The van der Waals surface area contributed by atoms with Crippen molar-refractivity contribution in [3.8, 4) is 6.07 Å². The summed E-state index contributed by atoms with van der Waals surface area (Å²) in [6, 6.07) is 9.34. The monoisotopic (exact) mass is 469 g/mol. The van der Waals surface area contributed by atoms with Crippen molar-refractivity contribution in [1.82, 2.24) is 9.47 Å². The van der Waals surface area contributed by atoms with Crippen molar-refractivity contribution in [3.63, 3.8) is 0 Å². The number of rotatable bonds is 6. The number of aromatic nitrogens is 1. The molecule has 9 nitrogen and oxygen atoms in total. The van der Waals surface area contributed by atoms with E-state index in [1.807, 2.05) is 0 Å². The van der Waals surface area contributed by atoms with Crippen LogP contribution in [0.25, 0.3) is 0 Å². The summed E-state index contributed by atoms with van der Waals surface area (Å²) in [7, 11) is -4.02. The first-order valence-electron chi connectivity index (χ1n) is 11.0. The Morgan fingerprint density at radius 1 is 1.24 bits per heavy atom. The number of carbonyl (C=O) groups excluding carboxylic acids is 2. The van der Waals surface area contributed by atoms with Gasteiger partial charge in [-0.1, -0.05) is 13.0 Å². The van der Waals surface area contributed by atoms with E-state index in [1.165, 1.54) is 17.0 Å². The number of benzene rings is 1. The molecule has 1 aromatic carbocycles. The molecule has 1 atom stereocenters. The lowest BCUT2D eigenvalue weighted by Crippen LogP contribution is -2.52. The molecule has 3 heterocycles. The van der Waals surface area contributed by atoms with Crippen LogP contribution in [0.2, 0.25) is 0 Å². The van der Waals surface area contributed by atoms with Crippen molar-refractivity contribution in [2.75, 3.05) is 18.0 Å². The van der Waals surface area contributed by atoms with Crippen LogP contribution >= 0.6 is 0 Å². The molecule has 0 spiro atoms. The number of hydrogen-bond acceptors (Lipinski definition) is 5. The van der Waals surface area contributed by atoms with E-state index in [0.717, 1.165) is 12.8 Å². The lowest BCUT2D eigenvalue weighted by Gasteiger charge is -2.36. The molecule has 0 aliphatic carbocycles. The van der Waals surface area contributed by atoms with Gasteiger partial charge in [0.1, 0.15) is 17.8 Å². The SMILES string of the molecule is CC1CCN(C(=O)C(CCn2cccc2C#N)N2C(=O)Cc3c2cccc3S(N)(=O)=O)CC1. The van der Waals surface area contributed by atoms with Gasteiger partial charge in [-0.25, -0.2) is 13.6 Å². The third kappa shape index (κ3) is 4.51. The lowest BCUT2D eigenvalue weighted by atomic mass is 9.98. The molecule has 2 amide bonds. The molecule has 0 bridgehead atoms. The number of likely N-dealkylation sites (tertiary alicyclic amines) is 1. The topological polar surface area (TPSA) is 130 Å². The van der Waals surface area contributed by atoms with Crippen LogP contribution in [0.15, 0.2) is 41.4 Å². The molecule has 1 aromatic heterocycles. The first-order chi connectivity index (χ1) is 15.7. The molecule has 1 unspecified atom stereocenters. The minimum atomic E-state index is -4.02. The van der Waals surface area contributed by atoms with Gasteiger partial charge in [0.25, 0.3) is 0 Å². The van der Waals surface area contributed by atoms with E-state index in [2.05, 4.69) is 13.0 Å². The van der Waals surface area contributed by atoms with Gasteiger partial charge in [0.2, 0.25) is 21.8 Å². The average Bonchev–Trinajstić information content (AvgIpc) is 3.37. The van der Waals surface area contributed by atoms with Crippen LogP contribution in [-0.4, -0.2) is 48.8 Å². The molecule has 174 valence electrons. The van der Waals surface area contributed by atoms with Crippen LogP contribution in [0.1, 0.15) is 37.4 Å². The number of carbonyl (C=O) groups is 2. The predicted octanol–water partition coefficient (Wildman–Crippen LogP) is 1.61. The third-order valence-corrected chi connectivity index (χ3v) is 7.55. The van der Waals surface area contributed by atoms with Crippen molar-refractivity contribution in [2.24, 2.45) is 11.1 Å². The Kier molecular flexibility index (Phi) is 6.28. The molecule has 4 rings (SSSR count). The number of aryl methyl sites for hydroxylation is 1. The number of nitrogens with zero attached hydrogens (tertiary/aromatic N) is 4. The minimum Gasteiger partial charge on any atom is -0.341 e. The van der Waals surface area contributed by atoms with Crippen molar-refractivity contribution in [3.05, 3.63) is 47.8 Å². The van der Waals surface area contributed by atoms with Crippen LogP contribution in [0.4, 0.5) is 5.69 Å². The number of amides is 2. The van der Waals surface area contributed by atoms with Gasteiger partial charge in [0, 0.05) is 37.1 Å². The minimum absolute atomic E-state index is 0.0916. The molecular weight excluding hydrogens is 442 g/mol. The summed E-state index contributed by atoms with van der Waals surface area (Å²) < 4.78 is 25.9. The first kappa shape index (κ1) is 23.0. The number of nitriles is 1. The maximum absolute atomic E-state index is 13.7. The third-order valence-electron chi connectivity index (χ3n) is 6.55. The number of fused-ring (bicyclic) bond motifs is 1. The Balaban J connectivity index is 1.70. The second-order valence-corrected chi connectivity index (χ2v) is 10.3. The predicted molar refractivity (Wildman–Crippen MR) is 122 cm³/mol. The zero-order valence-corrected chi connectivity index (χ0v) is 19.3. The van der Waals surface area contributed by atoms with Gasteiger partial charge in [-0.15, -0.1) is 0 Å². The zero-order valence-electron chi connectivity index (χ0n) is 18.5. The molecule has 33 heavy (non-hydrogen) atoms. The maximum atomic E-state index is 13.7. The van der Waals surface area contributed by atoms with E-state index in [0.29, 0.717) is 48.9 Å². The number of sulfonamides is 1. The van der Waals surface area contributed by atoms with E-state index in [1.54, 1.807) is 33.9 Å². The van der Waals surface area contributed by atoms with E-state index in [-0.39, 0.29) is 23.1 Å². The summed E-state index contributed by atoms with van der Waals surface area (Å²) in [4.78, 5) is 29.9. The molecule has 2 aliphatic heterocycles. The lowest BCUT2D eigenvalue weighted by molar-refractivity contribution is -0.135. The highest BCUT2D eigenvalue weighted by molar-refractivity contribution is 7.89. The summed E-state index contributed by atoms with van der Waals surface area (Å²) in [6.45, 7) is 3.76. The molecule has 2 aromatic rings. The molecule has 0 radical (unpaired) electrons. The fourth-order valence-corrected chi connectivity index (χ4v) is 5.50. The second kappa shape index (κ2) is 9.00. The van der Waals surface area contributed by atoms with Gasteiger partial charge in [-0.05, 0) is 49.4 Å². The number of anilines is 1. The van der Waals surface area contributed by atoms with Gasteiger partial charge >= 0.3 is 0 Å². The van der Waals surface area contributed by atoms with Gasteiger partial charge in [-0.2, -0.15) is 5.26 Å². The highest BCUT2D eigenvalue weighted by Gasteiger charge is 2.40. The van der Waals surface area contributed by atoms with Crippen molar-refractivity contribution < 1.29 is 18.0 Å². The van der Waals surface area contributed by atoms with E-state index in [4.69, 9.17) is 5.14 Å². The highest BCUT2D eigenvalue weighted by atomic mass is 32.2. The van der Waals surface area contributed by atoms with Gasteiger partial charge in [0.05, 0.1) is 11.3 Å². The van der Waals surface area contributed by atoms with Gasteiger partial charge in [-0.3, -0.25) is 14.5 Å². The van der Waals surface area contributed by atoms with Gasteiger partial charge < -0.3 is 9.47 Å². The number of hydrogen-bond donors (Lipinski definition) is 1. The summed E-state index contributed by atoms with van der Waals surface area (Å²) >= 11 is 0. The molecule has 0 saturated carbocycles. The summed E-state index contributed by atoms with van der Waals surface area (Å²) in [5, 5.41) is 14.7. The Hall–Kier alpha value is -3.16. The Labute approximate surface area is 193 Å². The molecule has 1 saturated heterocycles. The Bertz CT molecular complexity index is 1220. The average molecular weight is 470 g/mol. The van der Waals surface area contributed by atoms with Crippen molar-refractivity contribution >= 4 is 27.5 Å². The fourth-order valence-electron chi connectivity index (χ4n) is 4.71. The summed E-state index contributed by atoms with van der Waals surface area (Å²) in [6.07, 6.45) is 3.72. The molecule has 2 N–H and O–H groups in total. The molecular formula is C23H27N5O4S. The van der Waals surface area contributed by atoms with Crippen LogP contribution in [-0.2, 0) is 32.6 Å². The van der Waals surface area contributed by atoms with Gasteiger partial charge in [0.15, 0.2) is 0 Å². The Morgan fingerprint density at radius 3 is 2.64 bits per heavy atom. The first-order valence-corrected chi connectivity index (χ1v) is 12.6. The number of piperidine rings is 1. The maximum Gasteiger partial charge on any atom is 0.245 e. The Morgan fingerprint density at radius 2 is 1.97 bits per heavy atom. The smallest absolute Gasteiger partial charge is 0.245 e. The molecule has 2 aliphatic rings. The van der Waals surface area contributed by atoms with Crippen molar-refractivity contribution in [2.45, 2.75) is 50.1 Å². The quantitative estimate of drug-likeness (QED) is 0.687. The van der Waals surface area contributed by atoms with E-state index >= 15 is 0 Å². The summed E-state index contributed by atoms with van der Waals surface area (Å²) in [5.41, 5.74) is 1.20. The number of nitrogens with two attached hydrogens (primary N) is 1.